The molecule has 150 valence electrons. The average molecular weight is 466 g/mol. The van der Waals surface area contributed by atoms with E-state index in [2.05, 4.69) is 42.1 Å². The maximum atomic E-state index is 12.6. The summed E-state index contributed by atoms with van der Waals surface area (Å²) in [6, 6.07) is 16.8. The molecule has 0 radical (unpaired) electrons. The summed E-state index contributed by atoms with van der Waals surface area (Å²) >= 11 is 3.33. The number of hydrogen-bond acceptors (Lipinski definition) is 5. The zero-order valence-corrected chi connectivity index (χ0v) is 17.1. The van der Waals surface area contributed by atoms with E-state index in [0.717, 1.165) is 4.47 Å². The zero-order valence-electron chi connectivity index (χ0n) is 15.5. The van der Waals surface area contributed by atoms with E-state index in [-0.39, 0.29) is 11.3 Å². The van der Waals surface area contributed by atoms with Gasteiger partial charge in [-0.05, 0) is 54.1 Å². The number of carbonyl (C=O) groups excluding carboxylic acids is 3. The van der Waals surface area contributed by atoms with Gasteiger partial charge in [-0.15, -0.1) is 0 Å². The number of benzene rings is 2. The van der Waals surface area contributed by atoms with Crippen molar-refractivity contribution >= 4 is 51.2 Å². The van der Waals surface area contributed by atoms with E-state index in [1.807, 2.05) is 0 Å². The van der Waals surface area contributed by atoms with E-state index in [0.29, 0.717) is 11.3 Å². The third-order valence-electron chi connectivity index (χ3n) is 3.81. The second kappa shape index (κ2) is 10.1. The molecule has 0 aliphatic heterocycles. The maximum absolute atomic E-state index is 12.6. The fourth-order valence-electron chi connectivity index (χ4n) is 2.37. The molecule has 30 heavy (non-hydrogen) atoms. The second-order valence-corrected chi connectivity index (χ2v) is 6.86. The average Bonchev–Trinajstić information content (AvgIpc) is 2.76. The second-order valence-electron chi connectivity index (χ2n) is 5.94. The van der Waals surface area contributed by atoms with E-state index in [1.165, 1.54) is 12.3 Å². The van der Waals surface area contributed by atoms with Crippen molar-refractivity contribution in [1.29, 1.82) is 0 Å². The highest BCUT2D eigenvalue weighted by atomic mass is 79.9. The molecule has 3 aromatic rings. The molecule has 0 bridgehead atoms. The van der Waals surface area contributed by atoms with Crippen molar-refractivity contribution in [3.8, 4) is 0 Å². The highest BCUT2D eigenvalue weighted by Gasteiger charge is 2.17. The number of halogens is 1. The van der Waals surface area contributed by atoms with Crippen molar-refractivity contribution in [2.24, 2.45) is 5.10 Å². The molecule has 3 amide bonds. The van der Waals surface area contributed by atoms with Gasteiger partial charge in [-0.1, -0.05) is 28.1 Å². The number of aromatic nitrogens is 1. The SMILES string of the molecule is O=C(N/N=C\c1ccncc1)C(=O)Nc1ccccc1C(=O)Nc1ccc(Br)cc1. The van der Waals surface area contributed by atoms with Crippen LogP contribution in [0.5, 0.6) is 0 Å². The van der Waals surface area contributed by atoms with Gasteiger partial charge in [-0.3, -0.25) is 19.4 Å². The number of rotatable bonds is 5. The number of anilines is 2. The van der Waals surface area contributed by atoms with Crippen molar-refractivity contribution in [2.75, 3.05) is 10.6 Å². The van der Waals surface area contributed by atoms with Crippen LogP contribution in [0.25, 0.3) is 0 Å². The summed E-state index contributed by atoms with van der Waals surface area (Å²) in [5.74, 6) is -2.35. The molecule has 0 spiro atoms. The van der Waals surface area contributed by atoms with Gasteiger partial charge in [-0.25, -0.2) is 5.43 Å². The summed E-state index contributed by atoms with van der Waals surface area (Å²) in [5.41, 5.74) is 3.85. The van der Waals surface area contributed by atoms with Crippen molar-refractivity contribution < 1.29 is 14.4 Å². The number of hydrogen-bond donors (Lipinski definition) is 3. The van der Waals surface area contributed by atoms with Crippen LogP contribution in [0.2, 0.25) is 0 Å². The van der Waals surface area contributed by atoms with Gasteiger partial charge in [0.05, 0.1) is 17.5 Å². The number of para-hydroxylation sites is 1. The van der Waals surface area contributed by atoms with Crippen molar-refractivity contribution in [1.82, 2.24) is 10.4 Å². The number of amides is 3. The lowest BCUT2D eigenvalue weighted by Crippen LogP contribution is -2.33. The van der Waals surface area contributed by atoms with Gasteiger partial charge in [0.25, 0.3) is 5.91 Å². The van der Waals surface area contributed by atoms with Crippen LogP contribution in [0.15, 0.2) is 82.6 Å². The van der Waals surface area contributed by atoms with Gasteiger partial charge in [-0.2, -0.15) is 5.10 Å². The highest BCUT2D eigenvalue weighted by Crippen LogP contribution is 2.19. The Labute approximate surface area is 180 Å². The molecule has 0 saturated heterocycles. The Balaban J connectivity index is 1.64. The first-order chi connectivity index (χ1) is 14.5. The van der Waals surface area contributed by atoms with Gasteiger partial charge in [0.1, 0.15) is 0 Å². The molecule has 0 fully saturated rings. The number of pyridine rings is 1. The highest BCUT2D eigenvalue weighted by molar-refractivity contribution is 9.10. The molecule has 3 rings (SSSR count). The quantitative estimate of drug-likeness (QED) is 0.305. The van der Waals surface area contributed by atoms with Crippen molar-refractivity contribution in [2.45, 2.75) is 0 Å². The largest absolute Gasteiger partial charge is 0.329 e. The summed E-state index contributed by atoms with van der Waals surface area (Å²) in [4.78, 5) is 40.6. The maximum Gasteiger partial charge on any atom is 0.329 e. The van der Waals surface area contributed by atoms with Crippen LogP contribution >= 0.6 is 15.9 Å². The lowest BCUT2D eigenvalue weighted by atomic mass is 10.1. The van der Waals surface area contributed by atoms with E-state index in [1.54, 1.807) is 67.0 Å². The van der Waals surface area contributed by atoms with Gasteiger partial charge in [0.2, 0.25) is 0 Å². The fraction of sp³-hybridized carbons (Fsp3) is 0. The lowest BCUT2D eigenvalue weighted by molar-refractivity contribution is -0.136. The Bertz CT molecular complexity index is 1090. The number of hydrazone groups is 1. The molecule has 2 aromatic carbocycles. The first-order valence-electron chi connectivity index (χ1n) is 8.73. The predicted octanol–water partition coefficient (Wildman–Crippen LogP) is 3.19. The first-order valence-corrected chi connectivity index (χ1v) is 9.52. The molecule has 3 N–H and O–H groups in total. The predicted molar refractivity (Wildman–Crippen MR) is 117 cm³/mol. The smallest absolute Gasteiger partial charge is 0.322 e. The Kier molecular flexibility index (Phi) is 7.01. The van der Waals surface area contributed by atoms with Crippen LogP contribution in [0, 0.1) is 0 Å². The Hall–Kier alpha value is -3.85. The number of nitrogens with zero attached hydrogens (tertiary/aromatic N) is 2. The summed E-state index contributed by atoms with van der Waals surface area (Å²) < 4.78 is 0.880. The van der Waals surface area contributed by atoms with Crippen LogP contribution in [-0.2, 0) is 9.59 Å². The van der Waals surface area contributed by atoms with Gasteiger partial charge in [0.15, 0.2) is 0 Å². The normalized spacial score (nSPS) is 10.4. The molecule has 0 saturated carbocycles. The topological polar surface area (TPSA) is 113 Å². The van der Waals surface area contributed by atoms with Crippen LogP contribution in [0.1, 0.15) is 15.9 Å². The lowest BCUT2D eigenvalue weighted by Gasteiger charge is -2.11. The fourth-order valence-corrected chi connectivity index (χ4v) is 2.63. The third kappa shape index (κ3) is 5.82. The van der Waals surface area contributed by atoms with Crippen molar-refractivity contribution in [3.63, 3.8) is 0 Å². The van der Waals surface area contributed by atoms with Crippen LogP contribution in [0.3, 0.4) is 0 Å². The monoisotopic (exact) mass is 465 g/mol. The van der Waals surface area contributed by atoms with E-state index in [9.17, 15) is 14.4 Å². The summed E-state index contributed by atoms with van der Waals surface area (Å²) in [6.45, 7) is 0. The zero-order chi connectivity index (χ0) is 21.3. The van der Waals surface area contributed by atoms with Crippen LogP contribution in [-0.4, -0.2) is 28.9 Å². The first kappa shape index (κ1) is 20.9. The molecular formula is C21H16BrN5O3. The van der Waals surface area contributed by atoms with Crippen molar-refractivity contribution in [3.05, 3.63) is 88.7 Å². The molecule has 0 aliphatic rings. The summed E-state index contributed by atoms with van der Waals surface area (Å²) in [6.07, 6.45) is 4.53. The molecule has 9 heteroatoms. The molecule has 1 aromatic heterocycles. The Morgan fingerprint density at radius 2 is 1.57 bits per heavy atom. The minimum atomic E-state index is -0.969. The molecule has 0 aliphatic carbocycles. The third-order valence-corrected chi connectivity index (χ3v) is 4.34. The number of nitrogens with one attached hydrogen (secondary N) is 3. The number of carbonyl (C=O) groups is 3. The molecule has 0 unspecified atom stereocenters. The Morgan fingerprint density at radius 3 is 2.30 bits per heavy atom. The minimum Gasteiger partial charge on any atom is -0.322 e. The van der Waals surface area contributed by atoms with E-state index < -0.39 is 17.7 Å². The van der Waals surface area contributed by atoms with Crippen LogP contribution < -0.4 is 16.1 Å². The van der Waals surface area contributed by atoms with Gasteiger partial charge in [0, 0.05) is 22.6 Å². The molecule has 8 nitrogen and oxygen atoms in total. The van der Waals surface area contributed by atoms with Gasteiger partial charge < -0.3 is 10.6 Å². The minimum absolute atomic E-state index is 0.199. The van der Waals surface area contributed by atoms with Crippen LogP contribution in [0.4, 0.5) is 11.4 Å². The molecular weight excluding hydrogens is 450 g/mol. The van der Waals surface area contributed by atoms with E-state index >= 15 is 0 Å². The summed E-state index contributed by atoms with van der Waals surface area (Å²) in [7, 11) is 0. The van der Waals surface area contributed by atoms with Gasteiger partial charge >= 0.3 is 11.8 Å². The standard InChI is InChI=1S/C21H16BrN5O3/c22-15-5-7-16(8-6-15)25-19(28)17-3-1-2-4-18(17)26-20(29)21(30)27-24-13-14-9-11-23-12-10-14/h1-13H,(H,25,28)(H,26,29)(H,27,30)/b24-13-. The van der Waals surface area contributed by atoms with E-state index in [4.69, 9.17) is 0 Å². The molecule has 0 atom stereocenters. The molecule has 1 heterocycles. The Morgan fingerprint density at radius 1 is 0.867 bits per heavy atom. The summed E-state index contributed by atoms with van der Waals surface area (Å²) in [5, 5.41) is 8.90.